The second-order valence-electron chi connectivity index (χ2n) is 7.37. The molecule has 1 aliphatic carbocycles. The van der Waals surface area contributed by atoms with Gasteiger partial charge in [0.1, 0.15) is 5.75 Å². The van der Waals surface area contributed by atoms with Crippen molar-refractivity contribution in [2.75, 3.05) is 5.75 Å². The van der Waals surface area contributed by atoms with E-state index in [1.807, 2.05) is 30.3 Å². The maximum atomic E-state index is 12.5. The number of carbonyl (C=O) groups is 3. The van der Waals surface area contributed by atoms with Crippen LogP contribution in [0.25, 0.3) is 5.69 Å². The molecule has 0 bridgehead atoms. The zero-order chi connectivity index (χ0) is 21.4. The van der Waals surface area contributed by atoms with Gasteiger partial charge in [-0.2, -0.15) is 0 Å². The highest BCUT2D eigenvalue weighted by molar-refractivity contribution is 7.99. The minimum atomic E-state index is -0.680. The molecule has 0 saturated heterocycles. The molecular weight excluding hydrogens is 414 g/mol. The number of hydrogen-bond donors (Lipinski definition) is 0. The van der Waals surface area contributed by atoms with Gasteiger partial charge in [0.15, 0.2) is 5.16 Å². The van der Waals surface area contributed by atoms with Crippen molar-refractivity contribution in [3.63, 3.8) is 0 Å². The summed E-state index contributed by atoms with van der Waals surface area (Å²) in [5, 5.41) is 1.25. The fourth-order valence-electron chi connectivity index (χ4n) is 3.96. The largest absolute Gasteiger partial charge is 0.343 e. The summed E-state index contributed by atoms with van der Waals surface area (Å²) in [7, 11) is 0. The van der Waals surface area contributed by atoms with Gasteiger partial charge in [0.05, 0.1) is 16.8 Å². The van der Waals surface area contributed by atoms with E-state index in [1.165, 1.54) is 17.5 Å². The lowest BCUT2D eigenvalue weighted by molar-refractivity contribution is -0.165. The Hall–Kier alpha value is -3.39. The molecule has 2 amide bonds. The lowest BCUT2D eigenvalue weighted by Crippen LogP contribution is -2.33. The molecule has 3 aromatic rings. The Morgan fingerprint density at radius 1 is 0.935 bits per heavy atom. The standard InChI is InChI=1S/C23H19N3O4S/c27-20(30-26-21(28)16-10-4-5-11-17(16)22(26)29)14-31-23-24-18-12-6-7-13-19(18)25(23)15-8-2-1-3-9-15/h1-5,8-11H,6-7,12-14H2. The first-order valence-electron chi connectivity index (χ1n) is 10.1. The Kier molecular flexibility index (Phi) is 5.07. The Labute approximate surface area is 183 Å². The van der Waals surface area contributed by atoms with Crippen molar-refractivity contribution in [2.45, 2.75) is 30.8 Å². The number of imidazole rings is 1. The number of thioether (sulfide) groups is 1. The van der Waals surface area contributed by atoms with Gasteiger partial charge in [-0.15, -0.1) is 0 Å². The van der Waals surface area contributed by atoms with E-state index >= 15 is 0 Å². The van der Waals surface area contributed by atoms with Crippen LogP contribution in [0.4, 0.5) is 0 Å². The molecule has 5 rings (SSSR count). The Balaban J connectivity index is 1.33. The normalized spacial score (nSPS) is 15.0. The van der Waals surface area contributed by atoms with Crippen LogP contribution in [-0.2, 0) is 22.5 Å². The van der Waals surface area contributed by atoms with Crippen LogP contribution in [-0.4, -0.2) is 38.2 Å². The van der Waals surface area contributed by atoms with E-state index in [4.69, 9.17) is 9.82 Å². The van der Waals surface area contributed by atoms with E-state index < -0.39 is 17.8 Å². The number of aromatic nitrogens is 2. The van der Waals surface area contributed by atoms with E-state index in [-0.39, 0.29) is 16.9 Å². The molecule has 0 spiro atoms. The molecule has 8 heteroatoms. The van der Waals surface area contributed by atoms with Crippen molar-refractivity contribution in [3.05, 3.63) is 77.1 Å². The molecule has 0 unspecified atom stereocenters. The molecule has 0 atom stereocenters. The van der Waals surface area contributed by atoms with E-state index in [0.717, 1.165) is 37.1 Å². The average Bonchev–Trinajstić information content (AvgIpc) is 3.29. The lowest BCUT2D eigenvalue weighted by Gasteiger charge is -2.15. The van der Waals surface area contributed by atoms with Crippen LogP contribution in [0.1, 0.15) is 44.9 Å². The summed E-state index contributed by atoms with van der Waals surface area (Å²) in [6, 6.07) is 16.3. The fourth-order valence-corrected chi connectivity index (χ4v) is 4.78. The average molecular weight is 433 g/mol. The summed E-state index contributed by atoms with van der Waals surface area (Å²) >= 11 is 1.24. The monoisotopic (exact) mass is 433 g/mol. The zero-order valence-electron chi connectivity index (χ0n) is 16.6. The summed E-state index contributed by atoms with van der Waals surface area (Å²) in [5.74, 6) is -2.00. The van der Waals surface area contributed by atoms with Crippen LogP contribution in [0.5, 0.6) is 0 Å². The molecule has 156 valence electrons. The number of nitrogens with zero attached hydrogens (tertiary/aromatic N) is 3. The van der Waals surface area contributed by atoms with Crippen LogP contribution in [0.15, 0.2) is 59.8 Å². The maximum absolute atomic E-state index is 12.5. The van der Waals surface area contributed by atoms with Crippen LogP contribution < -0.4 is 0 Å². The number of hydroxylamine groups is 2. The van der Waals surface area contributed by atoms with Gasteiger partial charge in [0, 0.05) is 11.4 Å². The second kappa shape index (κ2) is 8.03. The molecule has 7 nitrogen and oxygen atoms in total. The number of aryl methyl sites for hydroxylation is 1. The molecule has 1 aliphatic heterocycles. The summed E-state index contributed by atoms with van der Waals surface area (Å²) in [5.41, 5.74) is 3.70. The third kappa shape index (κ3) is 3.53. The first kappa shape index (κ1) is 19.6. The highest BCUT2D eigenvalue weighted by Crippen LogP contribution is 2.31. The molecular formula is C23H19N3O4S. The van der Waals surface area contributed by atoms with E-state index in [0.29, 0.717) is 10.2 Å². The van der Waals surface area contributed by atoms with Gasteiger partial charge in [-0.3, -0.25) is 14.2 Å². The SMILES string of the molecule is O=C(CSc1nc2c(n1-c1ccccc1)CCCC2)ON1C(=O)c2ccccc2C1=O. The summed E-state index contributed by atoms with van der Waals surface area (Å²) in [6.07, 6.45) is 4.07. The van der Waals surface area contributed by atoms with Gasteiger partial charge in [-0.1, -0.05) is 47.2 Å². The number of fused-ring (bicyclic) bond motifs is 2. The van der Waals surface area contributed by atoms with Crippen LogP contribution in [0.2, 0.25) is 0 Å². The molecule has 0 saturated carbocycles. The molecule has 0 N–H and O–H groups in total. The molecule has 2 aliphatic rings. The van der Waals surface area contributed by atoms with Crippen molar-refractivity contribution in [1.82, 2.24) is 14.6 Å². The van der Waals surface area contributed by atoms with Crippen molar-refractivity contribution in [3.8, 4) is 5.69 Å². The summed E-state index contributed by atoms with van der Waals surface area (Å²) < 4.78 is 2.09. The van der Waals surface area contributed by atoms with Crippen LogP contribution in [0.3, 0.4) is 0 Å². The second-order valence-corrected chi connectivity index (χ2v) is 8.31. The predicted octanol–water partition coefficient (Wildman–Crippen LogP) is 3.60. The summed E-state index contributed by atoms with van der Waals surface area (Å²) in [6.45, 7) is 0. The smallest absolute Gasteiger partial charge is 0.329 e. The molecule has 2 aromatic carbocycles. The first-order chi connectivity index (χ1) is 15.1. The maximum Gasteiger partial charge on any atom is 0.343 e. The van der Waals surface area contributed by atoms with Crippen molar-refractivity contribution in [2.24, 2.45) is 0 Å². The first-order valence-corrected chi connectivity index (χ1v) is 11.1. The van der Waals surface area contributed by atoms with Gasteiger partial charge in [-0.25, -0.2) is 9.78 Å². The molecule has 0 fully saturated rings. The number of rotatable bonds is 5. The Morgan fingerprint density at radius 3 is 2.29 bits per heavy atom. The minimum absolute atomic E-state index is 0.0733. The van der Waals surface area contributed by atoms with Crippen molar-refractivity contribution in [1.29, 1.82) is 0 Å². The number of imide groups is 1. The molecule has 31 heavy (non-hydrogen) atoms. The van der Waals surface area contributed by atoms with Crippen molar-refractivity contribution >= 4 is 29.5 Å². The number of hydrogen-bond acceptors (Lipinski definition) is 6. The molecule has 0 radical (unpaired) electrons. The predicted molar refractivity (Wildman–Crippen MR) is 114 cm³/mol. The van der Waals surface area contributed by atoms with Crippen LogP contribution >= 0.6 is 11.8 Å². The van der Waals surface area contributed by atoms with Gasteiger partial charge in [0.25, 0.3) is 11.8 Å². The third-order valence-electron chi connectivity index (χ3n) is 5.39. The number of benzene rings is 2. The van der Waals surface area contributed by atoms with Gasteiger partial charge < -0.3 is 4.84 Å². The number of carbonyl (C=O) groups excluding carboxylic acids is 3. The lowest BCUT2D eigenvalue weighted by atomic mass is 10.0. The topological polar surface area (TPSA) is 81.5 Å². The quantitative estimate of drug-likeness (QED) is 0.452. The van der Waals surface area contributed by atoms with Crippen LogP contribution in [0, 0.1) is 0 Å². The Morgan fingerprint density at radius 2 is 1.58 bits per heavy atom. The number of para-hydroxylation sites is 1. The highest BCUT2D eigenvalue weighted by atomic mass is 32.2. The van der Waals surface area contributed by atoms with Gasteiger partial charge in [-0.05, 0) is 49.9 Å². The number of amides is 2. The van der Waals surface area contributed by atoms with Crippen molar-refractivity contribution < 1.29 is 19.2 Å². The summed E-state index contributed by atoms with van der Waals surface area (Å²) in [4.78, 5) is 47.2. The fraction of sp³-hybridized carbons (Fsp3) is 0.217. The minimum Gasteiger partial charge on any atom is -0.329 e. The molecule has 1 aromatic heterocycles. The Bertz CT molecular complexity index is 1150. The highest BCUT2D eigenvalue weighted by Gasteiger charge is 2.38. The van der Waals surface area contributed by atoms with Gasteiger partial charge in [0.2, 0.25) is 0 Å². The van der Waals surface area contributed by atoms with E-state index in [2.05, 4.69) is 4.57 Å². The van der Waals surface area contributed by atoms with Gasteiger partial charge >= 0.3 is 5.97 Å². The third-order valence-corrected chi connectivity index (χ3v) is 6.30. The van der Waals surface area contributed by atoms with E-state index in [1.54, 1.807) is 24.3 Å². The van der Waals surface area contributed by atoms with E-state index in [9.17, 15) is 14.4 Å². The zero-order valence-corrected chi connectivity index (χ0v) is 17.4. The molecule has 2 heterocycles.